The fourth-order valence-corrected chi connectivity index (χ4v) is 2.05. The summed E-state index contributed by atoms with van der Waals surface area (Å²) in [6, 6.07) is 12.0. The maximum absolute atomic E-state index is 4.50. The van der Waals surface area contributed by atoms with Crippen molar-refractivity contribution in [1.29, 1.82) is 0 Å². The van der Waals surface area contributed by atoms with Crippen LogP contribution in [0.4, 0.5) is 5.82 Å². The Morgan fingerprint density at radius 1 is 1.00 bits per heavy atom. The van der Waals surface area contributed by atoms with Crippen molar-refractivity contribution in [2.24, 2.45) is 0 Å². The highest BCUT2D eigenvalue weighted by Crippen LogP contribution is 2.23. The molecule has 0 unspecified atom stereocenters. The maximum atomic E-state index is 4.50. The summed E-state index contributed by atoms with van der Waals surface area (Å²) < 4.78 is 0. The van der Waals surface area contributed by atoms with Gasteiger partial charge in [0.05, 0.1) is 0 Å². The van der Waals surface area contributed by atoms with Gasteiger partial charge in [-0.15, -0.1) is 0 Å². The zero-order valence-electron chi connectivity index (χ0n) is 10.7. The predicted molar refractivity (Wildman–Crippen MR) is 76.9 cm³/mol. The molecule has 1 N–H and O–H groups in total. The van der Waals surface area contributed by atoms with Crippen LogP contribution < -0.4 is 5.32 Å². The average molecular weight is 250 g/mol. The molecule has 0 bridgehead atoms. The molecule has 3 rings (SSSR count). The Morgan fingerprint density at radius 3 is 2.74 bits per heavy atom. The monoisotopic (exact) mass is 250 g/mol. The molecule has 2 aromatic heterocycles. The van der Waals surface area contributed by atoms with E-state index < -0.39 is 0 Å². The molecule has 1 aromatic carbocycles. The molecule has 3 aromatic rings. The minimum Gasteiger partial charge on any atom is -0.370 e. The molecule has 0 saturated heterocycles. The van der Waals surface area contributed by atoms with Crippen LogP contribution in [0.15, 0.2) is 48.8 Å². The molecule has 2 heterocycles. The van der Waals surface area contributed by atoms with Crippen molar-refractivity contribution < 1.29 is 0 Å². The molecule has 0 radical (unpaired) electrons. The summed E-state index contributed by atoms with van der Waals surface area (Å²) in [5, 5.41) is 5.40. The van der Waals surface area contributed by atoms with Gasteiger partial charge in [0.1, 0.15) is 11.5 Å². The van der Waals surface area contributed by atoms with Crippen molar-refractivity contribution in [2.75, 3.05) is 11.9 Å². The van der Waals surface area contributed by atoms with E-state index in [1.807, 2.05) is 37.3 Å². The zero-order valence-corrected chi connectivity index (χ0v) is 10.7. The first kappa shape index (κ1) is 11.6. The number of benzene rings is 1. The molecule has 0 aliphatic rings. The number of hydrogen-bond acceptors (Lipinski definition) is 4. The third kappa shape index (κ3) is 2.25. The van der Waals surface area contributed by atoms with Crippen LogP contribution in [0, 0.1) is 0 Å². The molecule has 0 aliphatic heterocycles. The molecule has 0 aliphatic carbocycles. The Morgan fingerprint density at radius 2 is 1.84 bits per heavy atom. The number of pyridine rings is 1. The van der Waals surface area contributed by atoms with E-state index in [9.17, 15) is 0 Å². The number of aromatic nitrogens is 3. The highest BCUT2D eigenvalue weighted by molar-refractivity contribution is 5.92. The smallest absolute Gasteiger partial charge is 0.180 e. The summed E-state index contributed by atoms with van der Waals surface area (Å²) in [6.45, 7) is 2.87. The summed E-state index contributed by atoms with van der Waals surface area (Å²) in [7, 11) is 0. The molecule has 19 heavy (non-hydrogen) atoms. The predicted octanol–water partition coefficient (Wildman–Crippen LogP) is 3.12. The van der Waals surface area contributed by atoms with Gasteiger partial charge in [-0.3, -0.25) is 4.98 Å². The van der Waals surface area contributed by atoms with Gasteiger partial charge in [0.15, 0.2) is 5.82 Å². The van der Waals surface area contributed by atoms with Gasteiger partial charge < -0.3 is 5.32 Å². The van der Waals surface area contributed by atoms with Gasteiger partial charge in [0.25, 0.3) is 0 Å². The Hall–Kier alpha value is -2.49. The minimum absolute atomic E-state index is 0.648. The van der Waals surface area contributed by atoms with Crippen LogP contribution in [-0.4, -0.2) is 21.5 Å². The highest BCUT2D eigenvalue weighted by Gasteiger charge is 2.08. The van der Waals surface area contributed by atoms with Gasteiger partial charge in [-0.05, 0) is 24.4 Å². The van der Waals surface area contributed by atoms with E-state index in [1.54, 1.807) is 12.4 Å². The first-order valence-electron chi connectivity index (χ1n) is 6.29. The van der Waals surface area contributed by atoms with E-state index in [-0.39, 0.29) is 0 Å². The molecule has 0 amide bonds. The Labute approximate surface area is 111 Å². The molecule has 0 saturated carbocycles. The van der Waals surface area contributed by atoms with Gasteiger partial charge in [-0.1, -0.05) is 24.3 Å². The van der Waals surface area contributed by atoms with E-state index in [0.717, 1.165) is 28.8 Å². The molecule has 0 spiro atoms. The lowest BCUT2D eigenvalue weighted by Gasteiger charge is -2.06. The second-order valence-electron chi connectivity index (χ2n) is 4.18. The standard InChI is InChI=1S/C15H14N4/c1-2-16-13-8-10-18-15(19-13)14-12-6-4-3-5-11(12)7-9-17-14/h3-10H,2H2,1H3,(H,16,18,19). The number of rotatable bonds is 3. The van der Waals surface area contributed by atoms with Crippen molar-refractivity contribution >= 4 is 16.6 Å². The fourth-order valence-electron chi connectivity index (χ4n) is 2.05. The number of nitrogens with one attached hydrogen (secondary N) is 1. The van der Waals surface area contributed by atoms with Gasteiger partial charge in [-0.25, -0.2) is 9.97 Å². The van der Waals surface area contributed by atoms with E-state index >= 15 is 0 Å². The summed E-state index contributed by atoms with van der Waals surface area (Å²) in [5.41, 5.74) is 0.817. The Kier molecular flexibility index (Phi) is 3.06. The first-order chi connectivity index (χ1) is 9.38. The molecular formula is C15H14N4. The number of fused-ring (bicyclic) bond motifs is 1. The van der Waals surface area contributed by atoms with E-state index in [2.05, 4.69) is 26.3 Å². The van der Waals surface area contributed by atoms with Crippen LogP contribution in [0.1, 0.15) is 6.92 Å². The Balaban J connectivity index is 2.16. The van der Waals surface area contributed by atoms with Gasteiger partial charge >= 0.3 is 0 Å². The SMILES string of the molecule is CCNc1ccnc(-c2nccc3ccccc23)n1. The molecular weight excluding hydrogens is 236 g/mol. The van der Waals surface area contributed by atoms with Crippen LogP contribution in [0.3, 0.4) is 0 Å². The summed E-state index contributed by atoms with van der Waals surface area (Å²) in [4.78, 5) is 13.3. The van der Waals surface area contributed by atoms with Crippen LogP contribution >= 0.6 is 0 Å². The highest BCUT2D eigenvalue weighted by atomic mass is 15.0. The lowest BCUT2D eigenvalue weighted by atomic mass is 10.1. The van der Waals surface area contributed by atoms with Crippen LogP contribution in [-0.2, 0) is 0 Å². The normalized spacial score (nSPS) is 10.6. The summed E-state index contributed by atoms with van der Waals surface area (Å²) in [5.74, 6) is 1.47. The average Bonchev–Trinajstić information content (AvgIpc) is 2.47. The molecule has 0 fully saturated rings. The lowest BCUT2D eigenvalue weighted by Crippen LogP contribution is -2.01. The molecule has 94 valence electrons. The maximum Gasteiger partial charge on any atom is 0.180 e. The van der Waals surface area contributed by atoms with Crippen LogP contribution in [0.25, 0.3) is 22.3 Å². The van der Waals surface area contributed by atoms with E-state index in [4.69, 9.17) is 0 Å². The number of anilines is 1. The minimum atomic E-state index is 0.648. The van der Waals surface area contributed by atoms with Gasteiger partial charge in [-0.2, -0.15) is 0 Å². The van der Waals surface area contributed by atoms with Crippen molar-refractivity contribution in [3.8, 4) is 11.5 Å². The van der Waals surface area contributed by atoms with E-state index in [0.29, 0.717) is 5.82 Å². The second kappa shape index (κ2) is 5.02. The molecule has 4 nitrogen and oxygen atoms in total. The quantitative estimate of drug-likeness (QED) is 0.776. The van der Waals surface area contributed by atoms with Crippen molar-refractivity contribution in [2.45, 2.75) is 6.92 Å². The third-order valence-electron chi connectivity index (χ3n) is 2.90. The fraction of sp³-hybridized carbons (Fsp3) is 0.133. The summed E-state index contributed by atoms with van der Waals surface area (Å²) in [6.07, 6.45) is 3.55. The van der Waals surface area contributed by atoms with Crippen molar-refractivity contribution in [3.05, 3.63) is 48.8 Å². The van der Waals surface area contributed by atoms with Crippen LogP contribution in [0.5, 0.6) is 0 Å². The first-order valence-corrected chi connectivity index (χ1v) is 6.29. The second-order valence-corrected chi connectivity index (χ2v) is 4.18. The van der Waals surface area contributed by atoms with Gasteiger partial charge in [0.2, 0.25) is 0 Å². The summed E-state index contributed by atoms with van der Waals surface area (Å²) >= 11 is 0. The van der Waals surface area contributed by atoms with E-state index in [1.165, 1.54) is 0 Å². The zero-order chi connectivity index (χ0) is 13.1. The van der Waals surface area contributed by atoms with Crippen molar-refractivity contribution in [3.63, 3.8) is 0 Å². The van der Waals surface area contributed by atoms with Gasteiger partial charge in [0, 0.05) is 24.3 Å². The number of nitrogens with zero attached hydrogens (tertiary/aromatic N) is 3. The number of hydrogen-bond donors (Lipinski definition) is 1. The van der Waals surface area contributed by atoms with Crippen molar-refractivity contribution in [1.82, 2.24) is 15.0 Å². The molecule has 0 atom stereocenters. The van der Waals surface area contributed by atoms with Crippen LogP contribution in [0.2, 0.25) is 0 Å². The topological polar surface area (TPSA) is 50.7 Å². The lowest BCUT2D eigenvalue weighted by molar-refractivity contribution is 1.10. The molecule has 4 heteroatoms. The Bertz CT molecular complexity index is 704. The third-order valence-corrected chi connectivity index (χ3v) is 2.90. The largest absolute Gasteiger partial charge is 0.370 e.